The standard InChI is InChI=1S/C12H19F2NO3/c1-2-18-10(16)5-8-15-11(17)9-3-6-12(13,14)7-4-9/h9H,2-8H2,1H3,(H,15,17). The Labute approximate surface area is 105 Å². The third-order valence-corrected chi connectivity index (χ3v) is 3.02. The second-order valence-corrected chi connectivity index (χ2v) is 4.48. The fourth-order valence-electron chi connectivity index (χ4n) is 1.97. The van der Waals surface area contributed by atoms with Crippen LogP contribution in [0.5, 0.6) is 0 Å². The molecule has 1 rings (SSSR count). The second-order valence-electron chi connectivity index (χ2n) is 4.48. The highest BCUT2D eigenvalue weighted by Gasteiger charge is 2.37. The number of esters is 1. The van der Waals surface area contributed by atoms with Crippen LogP contribution in [-0.2, 0) is 14.3 Å². The number of amides is 1. The molecule has 0 aromatic carbocycles. The van der Waals surface area contributed by atoms with Crippen LogP contribution >= 0.6 is 0 Å². The number of hydrogen-bond acceptors (Lipinski definition) is 3. The summed E-state index contributed by atoms with van der Waals surface area (Å²) in [6.45, 7) is 2.22. The molecule has 0 spiro atoms. The first kappa shape index (κ1) is 14.9. The maximum absolute atomic E-state index is 12.9. The molecular weight excluding hydrogens is 244 g/mol. The van der Waals surface area contributed by atoms with Gasteiger partial charge in [0, 0.05) is 25.3 Å². The average Bonchev–Trinajstić information content (AvgIpc) is 2.29. The van der Waals surface area contributed by atoms with Gasteiger partial charge >= 0.3 is 5.97 Å². The summed E-state index contributed by atoms with van der Waals surface area (Å²) in [6, 6.07) is 0. The average molecular weight is 263 g/mol. The third kappa shape index (κ3) is 4.98. The monoisotopic (exact) mass is 263 g/mol. The van der Waals surface area contributed by atoms with E-state index >= 15 is 0 Å². The predicted octanol–water partition coefficient (Wildman–Crippen LogP) is 1.88. The Kier molecular flexibility index (Phi) is 5.50. The van der Waals surface area contributed by atoms with E-state index in [-0.39, 0.29) is 56.4 Å². The van der Waals surface area contributed by atoms with Gasteiger partial charge in [0.25, 0.3) is 0 Å². The van der Waals surface area contributed by atoms with Crippen LogP contribution in [-0.4, -0.2) is 31.0 Å². The van der Waals surface area contributed by atoms with E-state index in [0.717, 1.165) is 0 Å². The minimum absolute atomic E-state index is 0.114. The zero-order chi connectivity index (χ0) is 13.6. The topological polar surface area (TPSA) is 55.4 Å². The predicted molar refractivity (Wildman–Crippen MR) is 61.2 cm³/mol. The van der Waals surface area contributed by atoms with Crippen LogP contribution in [0.3, 0.4) is 0 Å². The van der Waals surface area contributed by atoms with Crippen molar-refractivity contribution in [2.75, 3.05) is 13.2 Å². The van der Waals surface area contributed by atoms with Crippen LogP contribution in [0, 0.1) is 5.92 Å². The summed E-state index contributed by atoms with van der Waals surface area (Å²) < 4.78 is 30.5. The number of carbonyl (C=O) groups is 2. The van der Waals surface area contributed by atoms with Gasteiger partial charge in [-0.3, -0.25) is 9.59 Å². The lowest BCUT2D eigenvalue weighted by atomic mass is 9.86. The van der Waals surface area contributed by atoms with Gasteiger partial charge in [-0.1, -0.05) is 0 Å². The van der Waals surface area contributed by atoms with E-state index < -0.39 is 5.92 Å². The minimum Gasteiger partial charge on any atom is -0.466 e. The van der Waals surface area contributed by atoms with E-state index in [0.29, 0.717) is 6.61 Å². The van der Waals surface area contributed by atoms with E-state index in [1.54, 1.807) is 6.92 Å². The molecule has 0 unspecified atom stereocenters. The van der Waals surface area contributed by atoms with Crippen LogP contribution in [0.2, 0.25) is 0 Å². The first-order chi connectivity index (χ1) is 8.44. The van der Waals surface area contributed by atoms with Gasteiger partial charge in [0.05, 0.1) is 13.0 Å². The number of nitrogens with one attached hydrogen (secondary N) is 1. The molecule has 0 saturated heterocycles. The third-order valence-electron chi connectivity index (χ3n) is 3.02. The molecule has 0 radical (unpaired) electrons. The van der Waals surface area contributed by atoms with Crippen LogP contribution in [0.15, 0.2) is 0 Å². The Morgan fingerprint density at radius 3 is 2.50 bits per heavy atom. The quantitative estimate of drug-likeness (QED) is 0.770. The van der Waals surface area contributed by atoms with Gasteiger partial charge in [-0.2, -0.15) is 0 Å². The second kappa shape index (κ2) is 6.66. The maximum Gasteiger partial charge on any atom is 0.307 e. The molecular formula is C12H19F2NO3. The highest BCUT2D eigenvalue weighted by Crippen LogP contribution is 2.36. The molecule has 1 saturated carbocycles. The fraction of sp³-hybridized carbons (Fsp3) is 0.833. The van der Waals surface area contributed by atoms with E-state index in [1.165, 1.54) is 0 Å². The molecule has 0 aliphatic heterocycles. The Bertz CT molecular complexity index is 298. The van der Waals surface area contributed by atoms with Gasteiger partial charge in [-0.15, -0.1) is 0 Å². The van der Waals surface area contributed by atoms with Crippen molar-refractivity contribution in [3.05, 3.63) is 0 Å². The summed E-state index contributed by atoms with van der Waals surface area (Å²) in [5.74, 6) is -3.59. The Morgan fingerprint density at radius 1 is 1.33 bits per heavy atom. The molecule has 4 nitrogen and oxygen atoms in total. The summed E-state index contributed by atoms with van der Waals surface area (Å²) in [6.07, 6.45) is 0.0604. The van der Waals surface area contributed by atoms with Crippen molar-refractivity contribution in [2.24, 2.45) is 5.92 Å². The van der Waals surface area contributed by atoms with Crippen LogP contribution < -0.4 is 5.32 Å². The smallest absolute Gasteiger partial charge is 0.307 e. The molecule has 1 aliphatic carbocycles. The van der Waals surface area contributed by atoms with Crippen molar-refractivity contribution in [1.29, 1.82) is 0 Å². The van der Waals surface area contributed by atoms with Crippen molar-refractivity contribution in [3.63, 3.8) is 0 Å². The van der Waals surface area contributed by atoms with E-state index in [1.807, 2.05) is 0 Å². The van der Waals surface area contributed by atoms with E-state index in [4.69, 9.17) is 4.74 Å². The molecule has 0 aromatic heterocycles. The van der Waals surface area contributed by atoms with Crippen molar-refractivity contribution < 1.29 is 23.1 Å². The Morgan fingerprint density at radius 2 is 1.94 bits per heavy atom. The lowest BCUT2D eigenvalue weighted by molar-refractivity contribution is -0.143. The van der Waals surface area contributed by atoms with Crippen molar-refractivity contribution in [3.8, 4) is 0 Å². The molecule has 0 heterocycles. The van der Waals surface area contributed by atoms with Crippen molar-refractivity contribution in [1.82, 2.24) is 5.32 Å². The van der Waals surface area contributed by atoms with E-state index in [9.17, 15) is 18.4 Å². The van der Waals surface area contributed by atoms with Crippen LogP contribution in [0.4, 0.5) is 8.78 Å². The summed E-state index contributed by atoms with van der Waals surface area (Å²) in [7, 11) is 0. The Balaban J connectivity index is 2.20. The largest absolute Gasteiger partial charge is 0.466 e. The summed E-state index contributed by atoms with van der Waals surface area (Å²) in [4.78, 5) is 22.7. The van der Waals surface area contributed by atoms with Gasteiger partial charge in [0.1, 0.15) is 0 Å². The molecule has 0 bridgehead atoms. The highest BCUT2D eigenvalue weighted by molar-refractivity contribution is 5.79. The molecule has 6 heteroatoms. The van der Waals surface area contributed by atoms with Gasteiger partial charge in [-0.25, -0.2) is 8.78 Å². The first-order valence-electron chi connectivity index (χ1n) is 6.26. The first-order valence-corrected chi connectivity index (χ1v) is 6.26. The molecule has 1 N–H and O–H groups in total. The number of carbonyl (C=O) groups excluding carboxylic acids is 2. The summed E-state index contributed by atoms with van der Waals surface area (Å²) >= 11 is 0. The normalized spacial score (nSPS) is 19.3. The molecule has 18 heavy (non-hydrogen) atoms. The number of ether oxygens (including phenoxy) is 1. The number of alkyl halides is 2. The summed E-state index contributed by atoms with van der Waals surface area (Å²) in [5, 5.41) is 2.58. The van der Waals surface area contributed by atoms with Crippen molar-refractivity contribution in [2.45, 2.75) is 45.0 Å². The van der Waals surface area contributed by atoms with Gasteiger partial charge in [-0.05, 0) is 19.8 Å². The Hall–Kier alpha value is -1.20. The number of halogens is 2. The zero-order valence-electron chi connectivity index (χ0n) is 10.5. The molecule has 0 atom stereocenters. The fourth-order valence-corrected chi connectivity index (χ4v) is 1.97. The van der Waals surface area contributed by atoms with Gasteiger partial charge in [0.2, 0.25) is 11.8 Å². The lowest BCUT2D eigenvalue weighted by Crippen LogP contribution is -2.36. The van der Waals surface area contributed by atoms with Gasteiger partial charge in [0.15, 0.2) is 0 Å². The minimum atomic E-state index is -2.62. The molecule has 104 valence electrons. The molecule has 1 fully saturated rings. The summed E-state index contributed by atoms with van der Waals surface area (Å²) in [5.41, 5.74) is 0. The zero-order valence-corrected chi connectivity index (χ0v) is 10.5. The molecule has 1 amide bonds. The van der Waals surface area contributed by atoms with Crippen molar-refractivity contribution >= 4 is 11.9 Å². The van der Waals surface area contributed by atoms with E-state index in [2.05, 4.69) is 5.32 Å². The highest BCUT2D eigenvalue weighted by atomic mass is 19.3. The van der Waals surface area contributed by atoms with Gasteiger partial charge < -0.3 is 10.1 Å². The number of rotatable bonds is 5. The maximum atomic E-state index is 12.9. The lowest BCUT2D eigenvalue weighted by Gasteiger charge is -2.27. The van der Waals surface area contributed by atoms with Crippen LogP contribution in [0.25, 0.3) is 0 Å². The van der Waals surface area contributed by atoms with Crippen LogP contribution in [0.1, 0.15) is 39.0 Å². The number of hydrogen-bond donors (Lipinski definition) is 1. The SMILES string of the molecule is CCOC(=O)CCNC(=O)C1CCC(F)(F)CC1. The molecule has 0 aromatic rings. The molecule has 1 aliphatic rings.